The molecule has 0 spiro atoms. The molecule has 5 rings (SSSR count). The fourth-order valence-corrected chi connectivity index (χ4v) is 5.14. The second-order valence-corrected chi connectivity index (χ2v) is 9.80. The molecule has 1 fully saturated rings. The molecular weight excluding hydrogens is 465 g/mol. The average Bonchev–Trinajstić information content (AvgIpc) is 3.64. The van der Waals surface area contributed by atoms with Crippen LogP contribution >= 0.6 is 0 Å². The van der Waals surface area contributed by atoms with E-state index < -0.39 is 11.1 Å². The van der Waals surface area contributed by atoms with E-state index in [4.69, 9.17) is 9.15 Å². The molecule has 1 heterocycles. The van der Waals surface area contributed by atoms with E-state index in [-0.39, 0.29) is 11.7 Å². The third-order valence-electron chi connectivity index (χ3n) is 6.55. The van der Waals surface area contributed by atoms with E-state index in [1.165, 1.54) is 12.1 Å². The minimum absolute atomic E-state index is 0.122. The van der Waals surface area contributed by atoms with Gasteiger partial charge in [0.25, 0.3) is 0 Å². The van der Waals surface area contributed by atoms with Crippen molar-refractivity contribution >= 4 is 27.7 Å². The first-order chi connectivity index (χ1) is 17.0. The summed E-state index contributed by atoms with van der Waals surface area (Å²) in [5.41, 5.74) is 5.62. The van der Waals surface area contributed by atoms with Gasteiger partial charge in [-0.1, -0.05) is 19.1 Å². The van der Waals surface area contributed by atoms with E-state index in [9.17, 15) is 13.2 Å². The lowest BCUT2D eigenvalue weighted by molar-refractivity contribution is 0.414. The fourth-order valence-electron chi connectivity index (χ4n) is 4.66. The van der Waals surface area contributed by atoms with Gasteiger partial charge in [-0.05, 0) is 89.9 Å². The fraction of sp³-hybridized carbons (Fsp3) is 0.286. The number of hydrogen-bond donors (Lipinski definition) is 0. The molecule has 7 heteroatoms. The number of fused-ring (bicyclic) bond motifs is 1. The summed E-state index contributed by atoms with van der Waals surface area (Å²) in [4.78, 5) is 1.89. The van der Waals surface area contributed by atoms with Crippen LogP contribution in [0.2, 0.25) is 0 Å². The van der Waals surface area contributed by atoms with Gasteiger partial charge >= 0.3 is 0 Å². The summed E-state index contributed by atoms with van der Waals surface area (Å²) in [6.45, 7) is 2.52. The molecule has 0 radical (unpaired) electrons. The van der Waals surface area contributed by atoms with Crippen LogP contribution in [0.25, 0.3) is 22.3 Å². The van der Waals surface area contributed by atoms with Crippen LogP contribution in [0.1, 0.15) is 42.4 Å². The Labute approximate surface area is 206 Å². The van der Waals surface area contributed by atoms with E-state index in [1.807, 2.05) is 35.2 Å². The van der Waals surface area contributed by atoms with Gasteiger partial charge in [-0.25, -0.2) is 4.39 Å². The molecule has 1 atom stereocenters. The van der Waals surface area contributed by atoms with Crippen LogP contribution < -0.4 is 9.64 Å². The van der Waals surface area contributed by atoms with E-state index in [0.717, 1.165) is 64.1 Å². The Morgan fingerprint density at radius 2 is 1.83 bits per heavy atom. The molecular formula is C28H27FNO4S-. The second kappa shape index (κ2) is 9.84. The van der Waals surface area contributed by atoms with Crippen LogP contribution in [0, 0.1) is 5.82 Å². The molecule has 35 heavy (non-hydrogen) atoms. The van der Waals surface area contributed by atoms with Crippen molar-refractivity contribution in [3.8, 4) is 17.1 Å². The predicted molar refractivity (Wildman–Crippen MR) is 136 cm³/mol. The maximum absolute atomic E-state index is 13.5. The van der Waals surface area contributed by atoms with Gasteiger partial charge in [0.15, 0.2) is 0 Å². The van der Waals surface area contributed by atoms with Gasteiger partial charge in [-0.3, -0.25) is 4.21 Å². The lowest BCUT2D eigenvalue weighted by atomic mass is 9.99. The number of hydrogen-bond acceptors (Lipinski definition) is 5. The molecule has 0 amide bonds. The van der Waals surface area contributed by atoms with Crippen LogP contribution in [0.3, 0.4) is 0 Å². The van der Waals surface area contributed by atoms with Crippen molar-refractivity contribution in [2.24, 2.45) is 0 Å². The Bertz CT molecular complexity index is 1360. The number of halogens is 1. The zero-order valence-electron chi connectivity index (χ0n) is 19.8. The summed E-state index contributed by atoms with van der Waals surface area (Å²) in [6, 6.07) is 18.1. The summed E-state index contributed by atoms with van der Waals surface area (Å²) in [5, 5.41) is 1.03. The number of nitrogens with zero attached hydrogens (tertiary/aromatic N) is 1. The molecule has 1 saturated carbocycles. The standard InChI is InChI=1S/C28H28FNO4S/c1-3-23-25-14-24(19-6-7-19)26(15-27(25)34-28(23)20-8-10-21(29)11-9-20)30(17-35(31)32)16-18-4-12-22(33-2)13-5-18/h4-5,8-15,19H,3,6-7,16-17H2,1-2H3,(H,31,32)/p-1. The van der Waals surface area contributed by atoms with Crippen molar-refractivity contribution in [1.82, 2.24) is 0 Å². The number of rotatable bonds is 9. The highest BCUT2D eigenvalue weighted by Crippen LogP contribution is 2.48. The normalized spacial score (nSPS) is 14.3. The molecule has 1 aliphatic rings. The van der Waals surface area contributed by atoms with Gasteiger partial charge < -0.3 is 18.6 Å². The van der Waals surface area contributed by atoms with Gasteiger partial charge in [0.1, 0.15) is 22.9 Å². The highest BCUT2D eigenvalue weighted by atomic mass is 32.2. The van der Waals surface area contributed by atoms with Crippen LogP contribution in [0.4, 0.5) is 10.1 Å². The van der Waals surface area contributed by atoms with Gasteiger partial charge in [-0.2, -0.15) is 0 Å². The Balaban J connectivity index is 1.61. The van der Waals surface area contributed by atoms with Crippen LogP contribution in [0.5, 0.6) is 5.75 Å². The zero-order valence-corrected chi connectivity index (χ0v) is 20.6. The Morgan fingerprint density at radius 3 is 2.43 bits per heavy atom. The number of aryl methyl sites for hydroxylation is 1. The Morgan fingerprint density at radius 1 is 1.11 bits per heavy atom. The Kier molecular flexibility index (Phi) is 6.62. The molecule has 5 nitrogen and oxygen atoms in total. The Hall–Kier alpha value is -3.16. The van der Waals surface area contributed by atoms with Crippen LogP contribution in [-0.4, -0.2) is 21.7 Å². The maximum Gasteiger partial charge on any atom is 0.138 e. The van der Waals surface area contributed by atoms with Gasteiger partial charge in [-0.15, -0.1) is 0 Å². The minimum Gasteiger partial charge on any atom is -0.771 e. The highest BCUT2D eigenvalue weighted by molar-refractivity contribution is 7.79. The summed E-state index contributed by atoms with van der Waals surface area (Å²) in [6.07, 6.45) is 2.93. The minimum atomic E-state index is -2.26. The summed E-state index contributed by atoms with van der Waals surface area (Å²) < 4.78 is 48.8. The molecule has 0 aliphatic heterocycles. The predicted octanol–water partition coefficient (Wildman–Crippen LogP) is 6.53. The van der Waals surface area contributed by atoms with E-state index in [0.29, 0.717) is 18.0 Å². The van der Waals surface area contributed by atoms with Crippen LogP contribution in [0.15, 0.2) is 65.1 Å². The monoisotopic (exact) mass is 492 g/mol. The number of methoxy groups -OCH3 is 1. The molecule has 182 valence electrons. The van der Waals surface area contributed by atoms with Crippen molar-refractivity contribution in [1.29, 1.82) is 0 Å². The van der Waals surface area contributed by atoms with Gasteiger partial charge in [0.2, 0.25) is 0 Å². The molecule has 0 bridgehead atoms. The van der Waals surface area contributed by atoms with E-state index in [2.05, 4.69) is 13.0 Å². The molecule has 0 saturated heterocycles. The van der Waals surface area contributed by atoms with E-state index in [1.54, 1.807) is 19.2 Å². The van der Waals surface area contributed by atoms with E-state index >= 15 is 0 Å². The van der Waals surface area contributed by atoms with Gasteiger partial charge in [0.05, 0.1) is 13.0 Å². The number of ether oxygens (including phenoxy) is 1. The first-order valence-corrected chi connectivity index (χ1v) is 13.0. The third kappa shape index (κ3) is 4.97. The maximum atomic E-state index is 13.5. The molecule has 0 N–H and O–H groups in total. The molecule has 1 aromatic heterocycles. The number of benzene rings is 3. The SMILES string of the molecule is CCc1c(-c2ccc(F)cc2)oc2cc(N(Cc3ccc(OC)cc3)CS(=O)[O-])c(C3CC3)cc12. The lowest BCUT2D eigenvalue weighted by Crippen LogP contribution is -2.27. The first-order valence-electron chi connectivity index (χ1n) is 11.8. The average molecular weight is 493 g/mol. The molecule has 1 unspecified atom stereocenters. The molecule has 3 aromatic carbocycles. The number of furan rings is 1. The second-order valence-electron chi connectivity index (χ2n) is 8.93. The molecule has 1 aliphatic carbocycles. The van der Waals surface area contributed by atoms with Crippen molar-refractivity contribution in [3.63, 3.8) is 0 Å². The first kappa shape index (κ1) is 23.6. The summed E-state index contributed by atoms with van der Waals surface area (Å²) in [5.74, 6) is 1.48. The largest absolute Gasteiger partial charge is 0.771 e. The summed E-state index contributed by atoms with van der Waals surface area (Å²) in [7, 11) is 1.62. The van der Waals surface area contributed by atoms with Crippen molar-refractivity contribution in [3.05, 3.63) is 83.2 Å². The smallest absolute Gasteiger partial charge is 0.138 e. The zero-order chi connectivity index (χ0) is 24.5. The van der Waals surface area contributed by atoms with Crippen molar-refractivity contribution < 1.29 is 22.3 Å². The summed E-state index contributed by atoms with van der Waals surface area (Å²) >= 11 is -2.26. The lowest BCUT2D eigenvalue weighted by Gasteiger charge is -2.28. The van der Waals surface area contributed by atoms with Crippen molar-refractivity contribution in [2.75, 3.05) is 17.9 Å². The van der Waals surface area contributed by atoms with Crippen molar-refractivity contribution in [2.45, 2.75) is 38.6 Å². The van der Waals surface area contributed by atoms with Gasteiger partial charge in [0, 0.05) is 34.8 Å². The highest BCUT2D eigenvalue weighted by Gasteiger charge is 2.30. The molecule has 4 aromatic rings. The van der Waals surface area contributed by atoms with Crippen LogP contribution in [-0.2, 0) is 24.0 Å². The number of anilines is 1. The quantitative estimate of drug-likeness (QED) is 0.249. The topological polar surface area (TPSA) is 65.7 Å². The third-order valence-corrected chi connectivity index (χ3v) is 7.07.